The van der Waals surface area contributed by atoms with Crippen LogP contribution in [0.25, 0.3) is 11.5 Å². The summed E-state index contributed by atoms with van der Waals surface area (Å²) >= 11 is 0. The van der Waals surface area contributed by atoms with E-state index >= 15 is 0 Å². The molecule has 0 aliphatic carbocycles. The third kappa shape index (κ3) is 3.39. The highest BCUT2D eigenvalue weighted by Gasteiger charge is 2.14. The van der Waals surface area contributed by atoms with Crippen LogP contribution >= 0.6 is 0 Å². The van der Waals surface area contributed by atoms with Crippen molar-refractivity contribution >= 4 is 5.69 Å². The number of halogens is 1. The molecule has 0 unspecified atom stereocenters. The molecule has 0 saturated heterocycles. The van der Waals surface area contributed by atoms with Crippen molar-refractivity contribution in [1.29, 1.82) is 0 Å². The van der Waals surface area contributed by atoms with Crippen molar-refractivity contribution in [1.82, 2.24) is 10.3 Å². The van der Waals surface area contributed by atoms with E-state index in [0.29, 0.717) is 18.3 Å². The zero-order valence-electron chi connectivity index (χ0n) is 11.1. The number of hydrogen-bond acceptors (Lipinski definition) is 5. The smallest absolute Gasteiger partial charge is 0.273 e. The number of hydrogen-bond donors (Lipinski definition) is 1. The van der Waals surface area contributed by atoms with Crippen molar-refractivity contribution in [2.45, 2.75) is 26.4 Å². The van der Waals surface area contributed by atoms with Crippen LogP contribution in [0.1, 0.15) is 19.5 Å². The first-order valence-electron chi connectivity index (χ1n) is 6.09. The van der Waals surface area contributed by atoms with E-state index in [1.165, 1.54) is 12.3 Å². The second kappa shape index (κ2) is 5.79. The zero-order valence-corrected chi connectivity index (χ0v) is 11.1. The SMILES string of the molecule is CC(C)NCc1coc(-c2cc(F)cc([N+](=O)[O-])c2)n1. The number of aromatic nitrogens is 1. The Labute approximate surface area is 114 Å². The van der Waals surface area contributed by atoms with Crippen LogP contribution in [-0.2, 0) is 6.54 Å². The lowest BCUT2D eigenvalue weighted by molar-refractivity contribution is -0.385. The van der Waals surface area contributed by atoms with E-state index in [4.69, 9.17) is 4.42 Å². The second-order valence-corrected chi connectivity index (χ2v) is 4.63. The lowest BCUT2D eigenvalue weighted by atomic mass is 10.2. The lowest BCUT2D eigenvalue weighted by Gasteiger charge is -2.04. The molecule has 1 N–H and O–H groups in total. The van der Waals surface area contributed by atoms with Gasteiger partial charge in [0.2, 0.25) is 5.89 Å². The van der Waals surface area contributed by atoms with E-state index in [0.717, 1.165) is 12.1 Å². The van der Waals surface area contributed by atoms with Crippen molar-refractivity contribution in [3.8, 4) is 11.5 Å². The van der Waals surface area contributed by atoms with Gasteiger partial charge in [0.1, 0.15) is 12.1 Å². The van der Waals surface area contributed by atoms with Crippen LogP contribution in [0, 0.1) is 15.9 Å². The monoisotopic (exact) mass is 279 g/mol. The number of non-ortho nitro benzene ring substituents is 1. The maximum absolute atomic E-state index is 13.3. The van der Waals surface area contributed by atoms with Crippen molar-refractivity contribution in [2.24, 2.45) is 0 Å². The maximum atomic E-state index is 13.3. The van der Waals surface area contributed by atoms with Crippen molar-refractivity contribution in [3.63, 3.8) is 0 Å². The first-order valence-corrected chi connectivity index (χ1v) is 6.09. The van der Waals surface area contributed by atoms with Crippen LogP contribution in [0.2, 0.25) is 0 Å². The van der Waals surface area contributed by atoms with Gasteiger partial charge >= 0.3 is 0 Å². The van der Waals surface area contributed by atoms with Gasteiger partial charge in [-0.3, -0.25) is 10.1 Å². The number of nitrogens with zero attached hydrogens (tertiary/aromatic N) is 2. The minimum atomic E-state index is -0.700. The predicted octanol–water partition coefficient (Wildman–Crippen LogP) is 2.89. The van der Waals surface area contributed by atoms with Crippen molar-refractivity contribution in [2.75, 3.05) is 0 Å². The van der Waals surface area contributed by atoms with Gasteiger partial charge in [0, 0.05) is 24.2 Å². The van der Waals surface area contributed by atoms with Crippen molar-refractivity contribution in [3.05, 3.63) is 46.1 Å². The van der Waals surface area contributed by atoms with E-state index in [-0.39, 0.29) is 17.1 Å². The Kier molecular flexibility index (Phi) is 4.09. The third-order valence-corrected chi connectivity index (χ3v) is 2.58. The molecule has 0 aliphatic rings. The molecule has 20 heavy (non-hydrogen) atoms. The molecule has 0 bridgehead atoms. The van der Waals surface area contributed by atoms with Gasteiger partial charge in [0.15, 0.2) is 0 Å². The van der Waals surface area contributed by atoms with E-state index in [1.807, 2.05) is 13.8 Å². The van der Waals surface area contributed by atoms with E-state index in [9.17, 15) is 14.5 Å². The van der Waals surface area contributed by atoms with Crippen LogP contribution in [0.3, 0.4) is 0 Å². The predicted molar refractivity (Wildman–Crippen MR) is 70.5 cm³/mol. The minimum absolute atomic E-state index is 0.160. The molecule has 0 spiro atoms. The van der Waals surface area contributed by atoms with Gasteiger partial charge in [-0.15, -0.1) is 0 Å². The van der Waals surface area contributed by atoms with E-state index in [2.05, 4.69) is 10.3 Å². The Morgan fingerprint density at radius 1 is 1.45 bits per heavy atom. The second-order valence-electron chi connectivity index (χ2n) is 4.63. The highest BCUT2D eigenvalue weighted by atomic mass is 19.1. The number of oxazole rings is 1. The largest absolute Gasteiger partial charge is 0.444 e. The maximum Gasteiger partial charge on any atom is 0.273 e. The summed E-state index contributed by atoms with van der Waals surface area (Å²) in [6.07, 6.45) is 1.45. The average molecular weight is 279 g/mol. The Balaban J connectivity index is 2.25. The van der Waals surface area contributed by atoms with Gasteiger partial charge in [-0.05, 0) is 6.07 Å². The molecule has 0 radical (unpaired) electrons. The molecule has 0 atom stereocenters. The zero-order chi connectivity index (χ0) is 14.7. The molecule has 2 rings (SSSR count). The third-order valence-electron chi connectivity index (χ3n) is 2.58. The number of nitro groups is 1. The fourth-order valence-corrected chi connectivity index (χ4v) is 1.63. The summed E-state index contributed by atoms with van der Waals surface area (Å²) in [7, 11) is 0. The molecule has 1 aromatic heterocycles. The summed E-state index contributed by atoms with van der Waals surface area (Å²) in [4.78, 5) is 14.2. The summed E-state index contributed by atoms with van der Waals surface area (Å²) in [5.74, 6) is -0.539. The summed E-state index contributed by atoms with van der Waals surface area (Å²) in [6.45, 7) is 4.51. The summed E-state index contributed by atoms with van der Waals surface area (Å²) in [5.41, 5.74) is 0.563. The van der Waals surface area contributed by atoms with Crippen LogP contribution in [0.5, 0.6) is 0 Å². The quantitative estimate of drug-likeness (QED) is 0.672. The first kappa shape index (κ1) is 14.1. The fourth-order valence-electron chi connectivity index (χ4n) is 1.63. The van der Waals surface area contributed by atoms with Gasteiger partial charge in [0.05, 0.1) is 16.7 Å². The van der Waals surface area contributed by atoms with Crippen LogP contribution in [-0.4, -0.2) is 15.9 Å². The number of nitrogens with one attached hydrogen (secondary N) is 1. The van der Waals surface area contributed by atoms with E-state index < -0.39 is 10.7 Å². The molecule has 106 valence electrons. The highest BCUT2D eigenvalue weighted by Crippen LogP contribution is 2.25. The summed E-state index contributed by atoms with van der Waals surface area (Å²) in [5, 5.41) is 13.9. The fraction of sp³-hybridized carbons (Fsp3) is 0.308. The van der Waals surface area contributed by atoms with Gasteiger partial charge in [-0.1, -0.05) is 13.8 Å². The van der Waals surface area contributed by atoms with Gasteiger partial charge in [-0.2, -0.15) is 0 Å². The number of benzene rings is 1. The molecule has 7 heteroatoms. The molecule has 0 saturated carbocycles. The van der Waals surface area contributed by atoms with E-state index in [1.54, 1.807) is 0 Å². The van der Waals surface area contributed by atoms with Gasteiger partial charge in [0.25, 0.3) is 5.69 Å². The molecule has 0 fully saturated rings. The Hall–Kier alpha value is -2.28. The molecular weight excluding hydrogens is 265 g/mol. The molecule has 0 amide bonds. The Bertz CT molecular complexity index is 625. The molecule has 1 heterocycles. The standard InChI is InChI=1S/C13H14FN3O3/c1-8(2)15-6-11-7-20-13(16-11)9-3-10(14)5-12(4-9)17(18)19/h3-5,7-8,15H,6H2,1-2H3. The Morgan fingerprint density at radius 2 is 2.20 bits per heavy atom. The molecule has 2 aromatic rings. The van der Waals surface area contributed by atoms with Crippen LogP contribution in [0.15, 0.2) is 28.9 Å². The minimum Gasteiger partial charge on any atom is -0.444 e. The summed E-state index contributed by atoms with van der Waals surface area (Å²) in [6, 6.07) is 3.53. The number of rotatable bonds is 5. The first-order chi connectivity index (χ1) is 9.45. The lowest BCUT2D eigenvalue weighted by Crippen LogP contribution is -2.21. The van der Waals surface area contributed by atoms with Crippen LogP contribution < -0.4 is 5.32 Å². The highest BCUT2D eigenvalue weighted by molar-refractivity contribution is 5.58. The van der Waals surface area contributed by atoms with Gasteiger partial charge < -0.3 is 9.73 Å². The molecule has 1 aromatic carbocycles. The number of nitro benzene ring substituents is 1. The van der Waals surface area contributed by atoms with Crippen LogP contribution in [0.4, 0.5) is 10.1 Å². The normalized spacial score (nSPS) is 11.0. The topological polar surface area (TPSA) is 81.2 Å². The van der Waals surface area contributed by atoms with Gasteiger partial charge in [-0.25, -0.2) is 9.37 Å². The molecular formula is C13H14FN3O3. The average Bonchev–Trinajstić information content (AvgIpc) is 2.84. The molecule has 6 nitrogen and oxygen atoms in total. The molecule has 0 aliphatic heterocycles. The van der Waals surface area contributed by atoms with Crippen molar-refractivity contribution < 1.29 is 13.7 Å². The Morgan fingerprint density at radius 3 is 2.85 bits per heavy atom. The summed E-state index contributed by atoms with van der Waals surface area (Å²) < 4.78 is 18.6.